The molecule has 0 amide bonds. The number of aromatic nitrogens is 2. The summed E-state index contributed by atoms with van der Waals surface area (Å²) in [5.74, 6) is 0. The third kappa shape index (κ3) is 3.56. The van der Waals surface area contributed by atoms with Crippen molar-refractivity contribution in [3.8, 4) is 0 Å². The van der Waals surface area contributed by atoms with Gasteiger partial charge in [0.05, 0.1) is 11.2 Å². The highest BCUT2D eigenvalue weighted by Gasteiger charge is 2.19. The van der Waals surface area contributed by atoms with E-state index in [2.05, 4.69) is 55.0 Å². The Morgan fingerprint density at radius 3 is 2.82 bits per heavy atom. The van der Waals surface area contributed by atoms with E-state index in [0.29, 0.717) is 6.04 Å². The molecule has 118 valence electrons. The maximum absolute atomic E-state index is 4.49. The van der Waals surface area contributed by atoms with Gasteiger partial charge in [0, 0.05) is 55.6 Å². The van der Waals surface area contributed by atoms with Crippen molar-refractivity contribution in [2.45, 2.75) is 13.0 Å². The maximum atomic E-state index is 4.49. The van der Waals surface area contributed by atoms with Gasteiger partial charge in [0.25, 0.3) is 0 Å². The molecule has 0 aliphatic carbocycles. The van der Waals surface area contributed by atoms with Crippen molar-refractivity contribution < 1.29 is 0 Å². The van der Waals surface area contributed by atoms with Crippen LogP contribution < -0.4 is 5.32 Å². The molecule has 1 aliphatic heterocycles. The molecule has 3 rings (SSSR count). The smallest absolute Gasteiger partial charge is 0.112 e. The molecule has 0 aromatic carbocycles. The molecular formula is C16H22BrN5. The zero-order valence-corrected chi connectivity index (χ0v) is 14.7. The van der Waals surface area contributed by atoms with E-state index in [9.17, 15) is 0 Å². The van der Waals surface area contributed by atoms with E-state index in [-0.39, 0.29) is 0 Å². The van der Waals surface area contributed by atoms with Crippen molar-refractivity contribution in [3.63, 3.8) is 0 Å². The first-order chi connectivity index (χ1) is 10.6. The van der Waals surface area contributed by atoms with Gasteiger partial charge in [-0.2, -0.15) is 0 Å². The van der Waals surface area contributed by atoms with Gasteiger partial charge in [-0.25, -0.2) is 0 Å². The Bertz CT molecular complexity index is 639. The molecular weight excluding hydrogens is 342 g/mol. The Balaban J connectivity index is 1.66. The van der Waals surface area contributed by atoms with Crippen LogP contribution in [-0.4, -0.2) is 65.6 Å². The minimum absolute atomic E-state index is 0.507. The Kier molecular flexibility index (Phi) is 4.90. The molecule has 0 bridgehead atoms. The first-order valence-electron chi connectivity index (χ1n) is 7.70. The van der Waals surface area contributed by atoms with Gasteiger partial charge < -0.3 is 10.2 Å². The molecule has 22 heavy (non-hydrogen) atoms. The number of likely N-dealkylation sites (N-methyl/N-ethyl adjacent to an activating group) is 1. The number of hydrogen-bond donors (Lipinski definition) is 1. The minimum atomic E-state index is 0.507. The fraction of sp³-hybridized carbons (Fsp3) is 0.500. The molecule has 1 unspecified atom stereocenters. The molecule has 0 spiro atoms. The van der Waals surface area contributed by atoms with Crippen LogP contribution in [0.25, 0.3) is 11.0 Å². The Hall–Kier alpha value is -1.24. The van der Waals surface area contributed by atoms with Crippen LogP contribution in [0.5, 0.6) is 0 Å². The Morgan fingerprint density at radius 2 is 2.05 bits per heavy atom. The molecule has 1 saturated heterocycles. The van der Waals surface area contributed by atoms with Crippen LogP contribution in [0.15, 0.2) is 29.0 Å². The molecule has 1 aliphatic rings. The molecule has 0 radical (unpaired) electrons. The summed E-state index contributed by atoms with van der Waals surface area (Å²) in [6.45, 7) is 7.78. The summed E-state index contributed by atoms with van der Waals surface area (Å²) in [7, 11) is 2.19. The maximum Gasteiger partial charge on any atom is 0.112 e. The zero-order valence-electron chi connectivity index (χ0n) is 13.1. The summed E-state index contributed by atoms with van der Waals surface area (Å²) in [6, 6.07) is 4.50. The van der Waals surface area contributed by atoms with Crippen LogP contribution in [0.4, 0.5) is 5.69 Å². The number of pyridine rings is 2. The second-order valence-electron chi connectivity index (χ2n) is 5.95. The van der Waals surface area contributed by atoms with Crippen LogP contribution in [0, 0.1) is 0 Å². The third-order valence-electron chi connectivity index (χ3n) is 4.29. The SMILES string of the molecule is CC(CNc1ccnc2cc(Br)cnc12)N1CCN(C)CC1. The van der Waals surface area contributed by atoms with Gasteiger partial charge in [0.2, 0.25) is 0 Å². The predicted octanol–water partition coefficient (Wildman–Crippen LogP) is 2.44. The third-order valence-corrected chi connectivity index (χ3v) is 4.73. The average Bonchev–Trinajstić information content (AvgIpc) is 2.52. The van der Waals surface area contributed by atoms with E-state index in [4.69, 9.17) is 0 Å². The summed E-state index contributed by atoms with van der Waals surface area (Å²) in [5.41, 5.74) is 2.89. The molecule has 5 nitrogen and oxygen atoms in total. The highest BCUT2D eigenvalue weighted by Crippen LogP contribution is 2.22. The fourth-order valence-corrected chi connectivity index (χ4v) is 3.12. The largest absolute Gasteiger partial charge is 0.382 e. The molecule has 1 fully saturated rings. The van der Waals surface area contributed by atoms with E-state index < -0.39 is 0 Å². The van der Waals surface area contributed by atoms with Crippen LogP contribution in [0.3, 0.4) is 0 Å². The number of nitrogens with one attached hydrogen (secondary N) is 1. The monoisotopic (exact) mass is 363 g/mol. The van der Waals surface area contributed by atoms with Crippen LogP contribution >= 0.6 is 15.9 Å². The lowest BCUT2D eigenvalue weighted by Gasteiger charge is -2.36. The second-order valence-corrected chi connectivity index (χ2v) is 6.86. The lowest BCUT2D eigenvalue weighted by Crippen LogP contribution is -2.49. The van der Waals surface area contributed by atoms with Crippen molar-refractivity contribution in [1.29, 1.82) is 0 Å². The topological polar surface area (TPSA) is 44.3 Å². The number of piperazine rings is 1. The molecule has 2 aromatic heterocycles. The van der Waals surface area contributed by atoms with Gasteiger partial charge >= 0.3 is 0 Å². The molecule has 3 heterocycles. The quantitative estimate of drug-likeness (QED) is 0.903. The van der Waals surface area contributed by atoms with E-state index in [1.807, 2.05) is 24.5 Å². The molecule has 6 heteroatoms. The van der Waals surface area contributed by atoms with Crippen LogP contribution in [-0.2, 0) is 0 Å². The van der Waals surface area contributed by atoms with E-state index in [1.54, 1.807) is 0 Å². The van der Waals surface area contributed by atoms with E-state index in [0.717, 1.165) is 53.9 Å². The zero-order chi connectivity index (χ0) is 15.5. The van der Waals surface area contributed by atoms with Crippen molar-refractivity contribution in [2.75, 3.05) is 45.1 Å². The van der Waals surface area contributed by atoms with E-state index >= 15 is 0 Å². The van der Waals surface area contributed by atoms with Gasteiger partial charge in [-0.3, -0.25) is 14.9 Å². The number of nitrogens with zero attached hydrogens (tertiary/aromatic N) is 4. The van der Waals surface area contributed by atoms with Crippen molar-refractivity contribution >= 4 is 32.7 Å². The number of fused-ring (bicyclic) bond motifs is 1. The van der Waals surface area contributed by atoms with Gasteiger partial charge in [0.15, 0.2) is 0 Å². The summed E-state index contributed by atoms with van der Waals surface area (Å²) in [6.07, 6.45) is 3.65. The lowest BCUT2D eigenvalue weighted by molar-refractivity contribution is 0.123. The van der Waals surface area contributed by atoms with Crippen molar-refractivity contribution in [2.24, 2.45) is 0 Å². The first-order valence-corrected chi connectivity index (χ1v) is 8.49. The average molecular weight is 364 g/mol. The fourth-order valence-electron chi connectivity index (χ4n) is 2.80. The molecule has 2 aromatic rings. The van der Waals surface area contributed by atoms with Crippen LogP contribution in [0.2, 0.25) is 0 Å². The Morgan fingerprint density at radius 1 is 1.27 bits per heavy atom. The summed E-state index contributed by atoms with van der Waals surface area (Å²) < 4.78 is 0.954. The molecule has 0 saturated carbocycles. The standard InChI is InChI=1S/C16H22BrN5/c1-12(22-7-5-21(2)6-8-22)10-19-14-3-4-18-15-9-13(17)11-20-16(14)15/h3-4,9,11-12H,5-8,10H2,1-2H3,(H,18,19). The number of anilines is 1. The molecule has 1 atom stereocenters. The highest BCUT2D eigenvalue weighted by atomic mass is 79.9. The second kappa shape index (κ2) is 6.89. The summed E-state index contributed by atoms with van der Waals surface area (Å²) in [4.78, 5) is 13.8. The number of hydrogen-bond acceptors (Lipinski definition) is 5. The van der Waals surface area contributed by atoms with Gasteiger partial charge in [-0.15, -0.1) is 0 Å². The predicted molar refractivity (Wildman–Crippen MR) is 94.3 cm³/mol. The number of rotatable bonds is 4. The lowest BCUT2D eigenvalue weighted by atomic mass is 10.2. The first kappa shape index (κ1) is 15.6. The summed E-state index contributed by atoms with van der Waals surface area (Å²) in [5, 5.41) is 3.54. The van der Waals surface area contributed by atoms with Crippen molar-refractivity contribution in [3.05, 3.63) is 29.0 Å². The Labute approximate surface area is 139 Å². The van der Waals surface area contributed by atoms with Crippen LogP contribution in [0.1, 0.15) is 6.92 Å². The minimum Gasteiger partial charge on any atom is -0.382 e. The number of halogens is 1. The van der Waals surface area contributed by atoms with Crippen molar-refractivity contribution in [1.82, 2.24) is 19.8 Å². The van der Waals surface area contributed by atoms with E-state index in [1.165, 1.54) is 0 Å². The van der Waals surface area contributed by atoms with Gasteiger partial charge in [0.1, 0.15) is 5.52 Å². The van der Waals surface area contributed by atoms with Gasteiger partial charge in [-0.1, -0.05) is 0 Å². The normalized spacial score (nSPS) is 18.5. The van der Waals surface area contributed by atoms with Gasteiger partial charge in [-0.05, 0) is 42.0 Å². The molecule has 1 N–H and O–H groups in total. The summed E-state index contributed by atoms with van der Waals surface area (Å²) >= 11 is 3.44. The highest BCUT2D eigenvalue weighted by molar-refractivity contribution is 9.10.